The zero-order valence-electron chi connectivity index (χ0n) is 16.3. The van der Waals surface area contributed by atoms with Crippen molar-refractivity contribution >= 4 is 11.6 Å². The second kappa shape index (κ2) is 7.13. The summed E-state index contributed by atoms with van der Waals surface area (Å²) in [5.74, 6) is -1.29. The number of halogens is 3. The van der Waals surface area contributed by atoms with Crippen LogP contribution < -0.4 is 0 Å². The highest BCUT2D eigenvalue weighted by Crippen LogP contribution is 2.55. The average molecular weight is 416 g/mol. The number of hydrogen-bond acceptors (Lipinski definition) is 4. The average Bonchev–Trinajstić information content (AvgIpc) is 2.96. The van der Waals surface area contributed by atoms with Crippen LogP contribution in [-0.4, -0.2) is 28.9 Å². The number of benzene rings is 2. The van der Waals surface area contributed by atoms with E-state index in [1.54, 1.807) is 42.6 Å². The molecule has 3 aromatic rings. The van der Waals surface area contributed by atoms with Crippen molar-refractivity contribution < 1.29 is 13.6 Å². The molecule has 0 bridgehead atoms. The van der Waals surface area contributed by atoms with Gasteiger partial charge in [0.2, 0.25) is 0 Å². The molecule has 1 fully saturated rings. The Kier molecular flexibility index (Phi) is 4.89. The van der Waals surface area contributed by atoms with E-state index in [1.807, 2.05) is 19.9 Å². The van der Waals surface area contributed by atoms with Crippen LogP contribution in [0, 0.1) is 18.6 Å². The monoisotopic (exact) mass is 415 g/mol. The lowest BCUT2D eigenvalue weighted by molar-refractivity contribution is -0.143. The highest BCUT2D eigenvalue weighted by Gasteiger charge is 2.63. The van der Waals surface area contributed by atoms with Crippen LogP contribution in [0.3, 0.4) is 0 Å². The summed E-state index contributed by atoms with van der Waals surface area (Å²) in [5.41, 5.74) is -0.264. The van der Waals surface area contributed by atoms with E-state index in [1.165, 1.54) is 18.2 Å². The van der Waals surface area contributed by atoms with Crippen LogP contribution in [0.1, 0.15) is 29.3 Å². The van der Waals surface area contributed by atoms with Crippen molar-refractivity contribution in [2.75, 3.05) is 13.7 Å². The molecule has 2 unspecified atom stereocenters. The Morgan fingerprint density at radius 2 is 1.72 bits per heavy atom. The molecule has 0 saturated carbocycles. The van der Waals surface area contributed by atoms with Crippen molar-refractivity contribution in [2.45, 2.75) is 24.8 Å². The summed E-state index contributed by atoms with van der Waals surface area (Å²) in [6, 6.07) is 12.7. The normalized spacial score (nSPS) is 24.8. The van der Waals surface area contributed by atoms with Crippen LogP contribution in [-0.2, 0) is 15.8 Å². The maximum atomic E-state index is 15.2. The minimum Gasteiger partial charge on any atom is -0.297 e. The molecule has 29 heavy (non-hydrogen) atoms. The minimum absolute atomic E-state index is 0.0233. The van der Waals surface area contributed by atoms with Gasteiger partial charge in [0.15, 0.2) is 0 Å². The van der Waals surface area contributed by atoms with E-state index < -0.39 is 22.6 Å². The van der Waals surface area contributed by atoms with Gasteiger partial charge in [-0.25, -0.2) is 8.78 Å². The van der Waals surface area contributed by atoms with Gasteiger partial charge in [0.25, 0.3) is 0 Å². The Balaban J connectivity index is 2.13. The fourth-order valence-corrected chi connectivity index (χ4v) is 4.55. The first-order chi connectivity index (χ1) is 13.8. The second-order valence-electron chi connectivity index (χ2n) is 7.41. The van der Waals surface area contributed by atoms with Gasteiger partial charge in [-0.15, -0.1) is 0 Å². The Morgan fingerprint density at radius 3 is 2.34 bits per heavy atom. The van der Waals surface area contributed by atoms with Gasteiger partial charge in [-0.2, -0.15) is 15.3 Å². The molecule has 2 atom stereocenters. The molecule has 0 N–H and O–H groups in total. The molecule has 4 nitrogen and oxygen atoms in total. The van der Waals surface area contributed by atoms with Crippen LogP contribution in [0.5, 0.6) is 0 Å². The van der Waals surface area contributed by atoms with Gasteiger partial charge in [0, 0.05) is 23.8 Å². The molecule has 4 rings (SSSR count). The quantitative estimate of drug-likeness (QED) is 0.616. The molecule has 0 spiro atoms. The number of rotatable bonds is 3. The first kappa shape index (κ1) is 19.9. The van der Waals surface area contributed by atoms with Gasteiger partial charge in [-0.1, -0.05) is 29.8 Å². The molecule has 1 aliphatic rings. The number of nitrogens with zero attached hydrogens (tertiary/aromatic N) is 3. The summed E-state index contributed by atoms with van der Waals surface area (Å²) in [5, 5.41) is 10.5. The molecule has 1 saturated heterocycles. The summed E-state index contributed by atoms with van der Waals surface area (Å²) >= 11 is 6.10. The highest BCUT2D eigenvalue weighted by atomic mass is 35.5. The SMILES string of the molecule is Cc1ccnnc1C1(C)N(C)OCC1(c1ccc(Cl)cc1)c1c(F)cccc1F. The van der Waals surface area contributed by atoms with Gasteiger partial charge in [-0.05, 0) is 55.3 Å². The van der Waals surface area contributed by atoms with E-state index in [2.05, 4.69) is 10.2 Å². The number of aryl methyl sites for hydroxylation is 1. The van der Waals surface area contributed by atoms with Crippen molar-refractivity contribution in [2.24, 2.45) is 0 Å². The van der Waals surface area contributed by atoms with Crippen molar-refractivity contribution in [1.82, 2.24) is 15.3 Å². The van der Waals surface area contributed by atoms with Crippen LogP contribution in [0.4, 0.5) is 8.78 Å². The van der Waals surface area contributed by atoms with Crippen molar-refractivity contribution in [3.63, 3.8) is 0 Å². The third-order valence-electron chi connectivity index (χ3n) is 6.05. The van der Waals surface area contributed by atoms with Gasteiger partial charge >= 0.3 is 0 Å². The predicted molar refractivity (Wildman–Crippen MR) is 106 cm³/mol. The summed E-state index contributed by atoms with van der Waals surface area (Å²) in [4.78, 5) is 5.94. The Bertz CT molecular complexity index is 1040. The Hall–Kier alpha value is -2.41. The fraction of sp³-hybridized carbons (Fsp3) is 0.273. The highest BCUT2D eigenvalue weighted by molar-refractivity contribution is 6.30. The number of aromatic nitrogens is 2. The number of hydroxylamine groups is 2. The molecule has 150 valence electrons. The van der Waals surface area contributed by atoms with E-state index >= 15 is 8.78 Å². The maximum absolute atomic E-state index is 15.2. The molecule has 1 aromatic heterocycles. The number of hydrogen-bond donors (Lipinski definition) is 0. The van der Waals surface area contributed by atoms with Crippen LogP contribution in [0.15, 0.2) is 54.7 Å². The molecule has 0 amide bonds. The molecular formula is C22H20ClF2N3O. The number of likely N-dealkylation sites (N-methyl/N-ethyl adjacent to an activating group) is 1. The first-order valence-electron chi connectivity index (χ1n) is 9.18. The standard InChI is InChI=1S/C22H20ClF2N3O/c1-14-11-12-26-27-20(14)21(2)22(13-29-28(21)3,15-7-9-16(23)10-8-15)19-17(24)5-4-6-18(19)25/h4-12H,13H2,1-3H3. The molecular weight excluding hydrogens is 396 g/mol. The molecule has 0 radical (unpaired) electrons. The fourth-order valence-electron chi connectivity index (χ4n) is 4.42. The molecule has 7 heteroatoms. The molecule has 2 aromatic carbocycles. The maximum Gasteiger partial charge on any atom is 0.130 e. The lowest BCUT2D eigenvalue weighted by Gasteiger charge is -2.44. The molecule has 1 aliphatic heterocycles. The lowest BCUT2D eigenvalue weighted by Crippen LogP contribution is -2.53. The van der Waals surface area contributed by atoms with Crippen LogP contribution in [0.2, 0.25) is 5.02 Å². The van der Waals surface area contributed by atoms with E-state index in [4.69, 9.17) is 16.4 Å². The smallest absolute Gasteiger partial charge is 0.130 e. The third-order valence-corrected chi connectivity index (χ3v) is 6.30. The summed E-state index contributed by atoms with van der Waals surface area (Å²) in [6.07, 6.45) is 1.59. The second-order valence-corrected chi connectivity index (χ2v) is 7.85. The zero-order chi connectivity index (χ0) is 20.8. The predicted octanol–water partition coefficient (Wildman–Crippen LogP) is 4.80. The van der Waals surface area contributed by atoms with Crippen LogP contribution in [0.25, 0.3) is 0 Å². The van der Waals surface area contributed by atoms with Gasteiger partial charge in [-0.3, -0.25) is 4.84 Å². The van der Waals surface area contributed by atoms with Crippen LogP contribution >= 0.6 is 11.6 Å². The molecule has 0 aliphatic carbocycles. The van der Waals surface area contributed by atoms with E-state index in [-0.39, 0.29) is 12.2 Å². The van der Waals surface area contributed by atoms with E-state index in [9.17, 15) is 0 Å². The van der Waals surface area contributed by atoms with Gasteiger partial charge in [0.1, 0.15) is 17.2 Å². The lowest BCUT2D eigenvalue weighted by atomic mass is 9.61. The van der Waals surface area contributed by atoms with E-state index in [0.717, 1.165) is 5.56 Å². The largest absolute Gasteiger partial charge is 0.297 e. The van der Waals surface area contributed by atoms with Gasteiger partial charge < -0.3 is 0 Å². The van der Waals surface area contributed by atoms with E-state index in [0.29, 0.717) is 16.3 Å². The summed E-state index contributed by atoms with van der Waals surface area (Å²) in [6.45, 7) is 3.79. The Morgan fingerprint density at radius 1 is 1.07 bits per heavy atom. The minimum atomic E-state index is -1.23. The summed E-state index contributed by atoms with van der Waals surface area (Å²) < 4.78 is 30.4. The molecule has 2 heterocycles. The van der Waals surface area contributed by atoms with Crippen molar-refractivity contribution in [1.29, 1.82) is 0 Å². The van der Waals surface area contributed by atoms with Gasteiger partial charge in [0.05, 0.1) is 17.7 Å². The topological polar surface area (TPSA) is 38.2 Å². The first-order valence-corrected chi connectivity index (χ1v) is 9.56. The van der Waals surface area contributed by atoms with Crippen molar-refractivity contribution in [3.05, 3.63) is 93.8 Å². The Labute approximate surface area is 173 Å². The summed E-state index contributed by atoms with van der Waals surface area (Å²) in [7, 11) is 1.74. The zero-order valence-corrected chi connectivity index (χ0v) is 17.0. The van der Waals surface area contributed by atoms with Crippen molar-refractivity contribution in [3.8, 4) is 0 Å². The third kappa shape index (κ3) is 2.78.